The first kappa shape index (κ1) is 33.0. The second kappa shape index (κ2) is 13.2. The number of aryl methyl sites for hydroxylation is 1. The third-order valence-corrected chi connectivity index (χ3v) is 7.68. The molecule has 244 valence electrons. The number of urea groups is 1. The van der Waals surface area contributed by atoms with Gasteiger partial charge in [0.05, 0.1) is 23.7 Å². The number of hydrogen-bond donors (Lipinski definition) is 3. The van der Waals surface area contributed by atoms with E-state index >= 15 is 0 Å². The molecule has 0 atom stereocenters. The number of anilines is 3. The van der Waals surface area contributed by atoms with E-state index in [1.54, 1.807) is 16.9 Å². The summed E-state index contributed by atoms with van der Waals surface area (Å²) in [5, 5.41) is 22.3. The average Bonchev–Trinajstić information content (AvgIpc) is 3.42. The summed E-state index contributed by atoms with van der Waals surface area (Å²) in [5.74, 6) is 1.61. The number of nitrogens with zero attached hydrogens (tertiary/aromatic N) is 4. The van der Waals surface area contributed by atoms with E-state index in [1.807, 2.05) is 100 Å². The molecule has 5 aromatic rings. The molecular formula is C37H42N6O4. The smallest absolute Gasteiger partial charge is 0.413 e. The fourth-order valence-electron chi connectivity index (χ4n) is 5.24. The standard InChI is InChI=1S/C37H42N6O4/c1-24-12-14-26(15-13-24)43-33(23-31(41-43)36(2,3)4)40-34(44)39-29-16-17-30(28-11-9-8-10-27(28)29)47-21-19-25-18-20-38-32(22-25)42(35(45)46)37(5,6)7/h8-18,20,22-23H,19,21H2,1-7H3,(H,45,46)(H2,39,40,44). The molecule has 2 aromatic heterocycles. The van der Waals surface area contributed by atoms with E-state index in [9.17, 15) is 14.7 Å². The molecule has 0 fully saturated rings. The van der Waals surface area contributed by atoms with E-state index < -0.39 is 17.7 Å². The number of pyridine rings is 1. The van der Waals surface area contributed by atoms with Crippen LogP contribution in [0.25, 0.3) is 16.5 Å². The SMILES string of the molecule is Cc1ccc(-n2nc(C(C)(C)C)cc2NC(=O)Nc2ccc(OCCc3ccnc(N(C(=O)O)C(C)(C)C)c3)c3ccccc23)cc1. The molecular weight excluding hydrogens is 592 g/mol. The van der Waals surface area contributed by atoms with Gasteiger partial charge in [-0.25, -0.2) is 19.3 Å². The molecule has 10 heteroatoms. The van der Waals surface area contributed by atoms with Crippen LogP contribution in [-0.2, 0) is 11.8 Å². The number of carboxylic acid groups (broad SMARTS) is 1. The van der Waals surface area contributed by atoms with Crippen molar-refractivity contribution in [3.8, 4) is 11.4 Å². The van der Waals surface area contributed by atoms with Gasteiger partial charge in [-0.2, -0.15) is 5.10 Å². The number of benzene rings is 3. The molecule has 0 radical (unpaired) electrons. The molecule has 0 aliphatic heterocycles. The number of rotatable bonds is 8. The van der Waals surface area contributed by atoms with Crippen molar-refractivity contribution in [1.82, 2.24) is 14.8 Å². The Hall–Kier alpha value is -5.38. The minimum Gasteiger partial charge on any atom is -0.493 e. The number of amides is 3. The summed E-state index contributed by atoms with van der Waals surface area (Å²) >= 11 is 0. The third-order valence-electron chi connectivity index (χ3n) is 7.68. The van der Waals surface area contributed by atoms with E-state index in [0.717, 1.165) is 33.3 Å². The number of hydrogen-bond acceptors (Lipinski definition) is 5. The summed E-state index contributed by atoms with van der Waals surface area (Å²) in [6.45, 7) is 14.1. The highest BCUT2D eigenvalue weighted by atomic mass is 16.5. The first-order chi connectivity index (χ1) is 22.2. The van der Waals surface area contributed by atoms with E-state index in [2.05, 4.69) is 36.4 Å². The van der Waals surface area contributed by atoms with Crippen LogP contribution in [0.5, 0.6) is 5.75 Å². The minimum atomic E-state index is -1.06. The highest BCUT2D eigenvalue weighted by Crippen LogP contribution is 2.33. The molecule has 3 aromatic carbocycles. The summed E-state index contributed by atoms with van der Waals surface area (Å²) < 4.78 is 7.96. The van der Waals surface area contributed by atoms with Gasteiger partial charge in [0, 0.05) is 40.4 Å². The molecule has 0 unspecified atom stereocenters. The van der Waals surface area contributed by atoms with E-state index in [-0.39, 0.29) is 5.41 Å². The van der Waals surface area contributed by atoms with Crippen molar-refractivity contribution in [2.24, 2.45) is 0 Å². The van der Waals surface area contributed by atoms with Crippen LogP contribution >= 0.6 is 0 Å². The molecule has 0 aliphatic carbocycles. The summed E-state index contributed by atoms with van der Waals surface area (Å²) in [4.78, 5) is 30.8. The summed E-state index contributed by atoms with van der Waals surface area (Å²) in [6.07, 6.45) is 1.11. The van der Waals surface area contributed by atoms with Gasteiger partial charge in [0.2, 0.25) is 0 Å². The predicted octanol–water partition coefficient (Wildman–Crippen LogP) is 8.57. The van der Waals surface area contributed by atoms with Gasteiger partial charge in [0.1, 0.15) is 17.4 Å². The van der Waals surface area contributed by atoms with Gasteiger partial charge >= 0.3 is 12.1 Å². The lowest BCUT2D eigenvalue weighted by molar-refractivity contribution is 0.195. The monoisotopic (exact) mass is 634 g/mol. The second-order valence-corrected chi connectivity index (χ2v) is 13.6. The Morgan fingerprint density at radius 2 is 1.60 bits per heavy atom. The van der Waals surface area contributed by atoms with Gasteiger partial charge in [-0.3, -0.25) is 10.2 Å². The quantitative estimate of drug-likeness (QED) is 0.157. The van der Waals surface area contributed by atoms with Gasteiger partial charge in [0.25, 0.3) is 0 Å². The van der Waals surface area contributed by atoms with Crippen molar-refractivity contribution in [2.75, 3.05) is 22.1 Å². The zero-order valence-corrected chi connectivity index (χ0v) is 28.0. The zero-order valence-electron chi connectivity index (χ0n) is 28.0. The lowest BCUT2D eigenvalue weighted by Crippen LogP contribution is -2.45. The maximum absolute atomic E-state index is 13.4. The normalized spacial score (nSPS) is 11.7. The summed E-state index contributed by atoms with van der Waals surface area (Å²) in [7, 11) is 0. The Morgan fingerprint density at radius 3 is 2.26 bits per heavy atom. The Kier molecular flexibility index (Phi) is 9.24. The van der Waals surface area contributed by atoms with Crippen LogP contribution in [0.4, 0.5) is 26.9 Å². The summed E-state index contributed by atoms with van der Waals surface area (Å²) in [6, 6.07) is 24.5. The Labute approximate surface area is 275 Å². The minimum absolute atomic E-state index is 0.209. The average molecular weight is 635 g/mol. The molecule has 10 nitrogen and oxygen atoms in total. The van der Waals surface area contributed by atoms with E-state index in [1.165, 1.54) is 4.90 Å². The van der Waals surface area contributed by atoms with Crippen LogP contribution in [-0.4, -0.2) is 44.1 Å². The van der Waals surface area contributed by atoms with Gasteiger partial charge in [-0.1, -0.05) is 62.7 Å². The van der Waals surface area contributed by atoms with Crippen molar-refractivity contribution < 1.29 is 19.4 Å². The fourth-order valence-corrected chi connectivity index (χ4v) is 5.24. The van der Waals surface area contributed by atoms with Gasteiger partial charge in [-0.15, -0.1) is 0 Å². The van der Waals surface area contributed by atoms with Crippen molar-refractivity contribution >= 4 is 40.2 Å². The topological polar surface area (TPSA) is 122 Å². The largest absolute Gasteiger partial charge is 0.493 e. The van der Waals surface area contributed by atoms with Crippen molar-refractivity contribution in [2.45, 2.75) is 65.8 Å². The van der Waals surface area contributed by atoms with Crippen LogP contribution in [0.3, 0.4) is 0 Å². The van der Waals surface area contributed by atoms with Crippen LogP contribution in [0.15, 0.2) is 85.1 Å². The molecule has 3 N–H and O–H groups in total. The highest BCUT2D eigenvalue weighted by Gasteiger charge is 2.29. The molecule has 47 heavy (non-hydrogen) atoms. The van der Waals surface area contributed by atoms with E-state index in [4.69, 9.17) is 9.84 Å². The van der Waals surface area contributed by atoms with E-state index in [0.29, 0.717) is 36.1 Å². The Bertz CT molecular complexity index is 1900. The maximum atomic E-state index is 13.4. The molecule has 3 amide bonds. The van der Waals surface area contributed by atoms with Crippen LogP contribution in [0.1, 0.15) is 58.4 Å². The first-order valence-corrected chi connectivity index (χ1v) is 15.6. The fraction of sp³-hybridized carbons (Fsp3) is 0.297. The van der Waals surface area contributed by atoms with Gasteiger partial charge in [-0.05, 0) is 69.7 Å². The molecule has 0 saturated heterocycles. The molecule has 0 bridgehead atoms. The number of carbonyl (C=O) groups is 2. The number of carbonyl (C=O) groups excluding carboxylic acids is 1. The summed E-state index contributed by atoms with van der Waals surface area (Å²) in [5.41, 5.74) is 3.54. The number of nitrogens with one attached hydrogen (secondary N) is 2. The Balaban J connectivity index is 1.31. The zero-order chi connectivity index (χ0) is 33.9. The van der Waals surface area contributed by atoms with Crippen molar-refractivity contribution in [3.63, 3.8) is 0 Å². The molecule has 0 spiro atoms. The molecule has 5 rings (SSSR count). The van der Waals surface area contributed by atoms with Gasteiger partial charge < -0.3 is 15.2 Å². The van der Waals surface area contributed by atoms with Crippen molar-refractivity contribution in [3.05, 3.63) is 102 Å². The lowest BCUT2D eigenvalue weighted by Gasteiger charge is -2.32. The third kappa shape index (κ3) is 7.71. The van der Waals surface area contributed by atoms with Crippen LogP contribution < -0.4 is 20.3 Å². The molecule has 0 saturated carbocycles. The number of aromatic nitrogens is 3. The molecule has 0 aliphatic rings. The lowest BCUT2D eigenvalue weighted by atomic mass is 9.92. The van der Waals surface area contributed by atoms with Crippen molar-refractivity contribution in [1.29, 1.82) is 0 Å². The maximum Gasteiger partial charge on any atom is 0.413 e. The predicted molar refractivity (Wildman–Crippen MR) is 187 cm³/mol. The van der Waals surface area contributed by atoms with Crippen LogP contribution in [0.2, 0.25) is 0 Å². The van der Waals surface area contributed by atoms with Crippen LogP contribution in [0, 0.1) is 6.92 Å². The Morgan fingerprint density at radius 1 is 0.894 bits per heavy atom. The van der Waals surface area contributed by atoms with Gasteiger partial charge in [0.15, 0.2) is 0 Å². The number of ether oxygens (including phenoxy) is 1. The molecule has 2 heterocycles. The highest BCUT2D eigenvalue weighted by molar-refractivity contribution is 6.07. The first-order valence-electron chi connectivity index (χ1n) is 15.6. The number of fused-ring (bicyclic) bond motifs is 1. The second-order valence-electron chi connectivity index (χ2n) is 13.6.